The van der Waals surface area contributed by atoms with Crippen LogP contribution in [0.1, 0.15) is 62.7 Å². The Morgan fingerprint density at radius 2 is 1.30 bits per heavy atom. The molecule has 0 aromatic heterocycles. The summed E-state index contributed by atoms with van der Waals surface area (Å²) in [6, 6.07) is 9.00. The van der Waals surface area contributed by atoms with E-state index in [1.54, 1.807) is 55.1 Å². The van der Waals surface area contributed by atoms with Gasteiger partial charge < -0.3 is 63.6 Å². The average molecular weight is 1080 g/mol. The summed E-state index contributed by atoms with van der Waals surface area (Å²) in [5.74, 6) is -9.05. The SMILES string of the molecule is CCC(C)C(NC(=O)CNC(=O)c1cc(-c2ccccc2)ccc1OC[C@@H](CN(CCN(CC(=O)O)CC(=O)O)CC(=O)O)N(CCOO)CCOO)C(=O)NC(CCCN=C(N)N)C(=O)NC(CCCCN)C(=O)O. The largest absolute Gasteiger partial charge is 0.491 e. The van der Waals surface area contributed by atoms with Crippen molar-refractivity contribution in [3.05, 3.63) is 54.1 Å². The third-order valence-corrected chi connectivity index (χ3v) is 11.9. The van der Waals surface area contributed by atoms with Crippen molar-refractivity contribution in [3.63, 3.8) is 0 Å². The fourth-order valence-corrected chi connectivity index (χ4v) is 7.74. The van der Waals surface area contributed by atoms with E-state index in [9.17, 15) is 69.3 Å². The van der Waals surface area contributed by atoms with Crippen molar-refractivity contribution in [2.75, 3.05) is 91.8 Å². The highest BCUT2D eigenvalue weighted by atomic mass is 17.1. The van der Waals surface area contributed by atoms with Crippen LogP contribution in [0.5, 0.6) is 5.75 Å². The molecule has 0 heterocycles. The maximum Gasteiger partial charge on any atom is 0.326 e. The summed E-state index contributed by atoms with van der Waals surface area (Å²) in [5, 5.41) is 67.2. The number of guanidine groups is 1. The van der Waals surface area contributed by atoms with Gasteiger partial charge in [0.25, 0.3) is 5.91 Å². The monoisotopic (exact) mass is 1080 g/mol. The van der Waals surface area contributed by atoms with E-state index in [4.69, 9.17) is 21.9 Å². The van der Waals surface area contributed by atoms with Gasteiger partial charge in [0.05, 0.1) is 51.0 Å². The number of rotatable bonds is 41. The van der Waals surface area contributed by atoms with Crippen molar-refractivity contribution in [1.29, 1.82) is 0 Å². The molecule has 16 N–H and O–H groups in total. The van der Waals surface area contributed by atoms with Crippen LogP contribution in [-0.2, 0) is 43.3 Å². The van der Waals surface area contributed by atoms with E-state index in [1.807, 2.05) is 0 Å². The van der Waals surface area contributed by atoms with Gasteiger partial charge in [-0.15, -0.1) is 0 Å². The summed E-state index contributed by atoms with van der Waals surface area (Å²) in [4.78, 5) is 119. The molecule has 0 bridgehead atoms. The predicted molar refractivity (Wildman–Crippen MR) is 274 cm³/mol. The molecule has 0 radical (unpaired) electrons. The molecule has 4 amide bonds. The second-order valence-corrected chi connectivity index (χ2v) is 17.7. The molecule has 0 spiro atoms. The van der Waals surface area contributed by atoms with Crippen LogP contribution in [0, 0.1) is 5.92 Å². The molecule has 0 aliphatic heterocycles. The number of carbonyl (C=O) groups is 8. The number of aliphatic carboxylic acids is 4. The number of hydrogen-bond acceptors (Lipinski definition) is 18. The van der Waals surface area contributed by atoms with Crippen LogP contribution >= 0.6 is 0 Å². The molecular formula is C48H75N11O17. The lowest BCUT2D eigenvalue weighted by Gasteiger charge is -2.35. The number of nitrogens with zero attached hydrogens (tertiary/aromatic N) is 4. The van der Waals surface area contributed by atoms with Crippen LogP contribution in [0.2, 0.25) is 0 Å². The van der Waals surface area contributed by atoms with Crippen molar-refractivity contribution >= 4 is 53.5 Å². The number of nitrogens with two attached hydrogens (primary N) is 3. The number of amides is 4. The van der Waals surface area contributed by atoms with Gasteiger partial charge in [0.15, 0.2) is 5.96 Å². The number of carbonyl (C=O) groups excluding carboxylic acids is 4. The molecule has 0 saturated carbocycles. The minimum atomic E-state index is -1.31. The summed E-state index contributed by atoms with van der Waals surface area (Å²) < 4.78 is 6.31. The number of benzene rings is 2. The lowest BCUT2D eigenvalue weighted by atomic mass is 9.97. The van der Waals surface area contributed by atoms with E-state index < -0.39 is 104 Å². The van der Waals surface area contributed by atoms with E-state index in [-0.39, 0.29) is 95.6 Å². The van der Waals surface area contributed by atoms with Crippen LogP contribution < -0.4 is 43.2 Å². The zero-order valence-electron chi connectivity index (χ0n) is 42.8. The van der Waals surface area contributed by atoms with Gasteiger partial charge in [0.1, 0.15) is 30.5 Å². The molecule has 0 aliphatic rings. The van der Waals surface area contributed by atoms with Gasteiger partial charge in [-0.1, -0.05) is 56.7 Å². The molecule has 5 atom stereocenters. The third kappa shape index (κ3) is 25.5. The van der Waals surface area contributed by atoms with Crippen molar-refractivity contribution in [3.8, 4) is 16.9 Å². The Morgan fingerprint density at radius 1 is 0.711 bits per heavy atom. The van der Waals surface area contributed by atoms with E-state index in [1.165, 1.54) is 17.0 Å². The number of carboxylic acids is 4. The molecule has 2 aromatic rings. The Labute approximate surface area is 439 Å². The molecule has 28 heteroatoms. The Hall–Kier alpha value is -7.05. The van der Waals surface area contributed by atoms with E-state index in [2.05, 4.69) is 36.0 Å². The highest BCUT2D eigenvalue weighted by Gasteiger charge is 2.32. The van der Waals surface area contributed by atoms with Crippen LogP contribution in [-0.4, -0.2) is 215 Å². The number of ether oxygens (including phenoxy) is 1. The third-order valence-electron chi connectivity index (χ3n) is 11.9. The zero-order valence-corrected chi connectivity index (χ0v) is 42.8. The van der Waals surface area contributed by atoms with Gasteiger partial charge in [-0.3, -0.25) is 63.8 Å². The molecule has 28 nitrogen and oxygen atoms in total. The Morgan fingerprint density at radius 3 is 1.87 bits per heavy atom. The predicted octanol–water partition coefficient (Wildman–Crippen LogP) is -1.26. The second-order valence-electron chi connectivity index (χ2n) is 17.7. The van der Waals surface area contributed by atoms with Gasteiger partial charge in [0.2, 0.25) is 17.7 Å². The van der Waals surface area contributed by atoms with Gasteiger partial charge in [0, 0.05) is 39.3 Å². The molecular weight excluding hydrogens is 1000 g/mol. The highest BCUT2D eigenvalue weighted by Crippen LogP contribution is 2.27. The van der Waals surface area contributed by atoms with Crippen molar-refractivity contribution in [2.24, 2.45) is 28.1 Å². The first-order chi connectivity index (χ1) is 36.2. The maximum atomic E-state index is 14.2. The first kappa shape index (κ1) is 65.1. The normalized spacial score (nSPS) is 13.2. The standard InChI is InChI=1S/C48H75N11O17/c1-3-31(2)43(46(69)54-36(13-9-17-52-48(50)51)45(68)55-37(47(70)71)12-7-8-16-49)56-39(60)25-53-44(67)35-24-33(32-10-5-4-6-11-32)14-15-38(35)74-30-34(59(20-22-75-72)21-23-76-73)26-57(27-40(61)62)18-19-58(28-41(63)64)29-42(65)66/h4-6,10-11,14-15,24,31,34,36-37,43,72-73H,3,7-9,12-13,16-23,25-30,49H2,1-2H3,(H,53,67)(H,54,69)(H,55,68)(H,56,60)(H,61,62)(H,63,64)(H,65,66)(H,70,71)(H4,50,51,52)/t31?,34-,36?,37?,43?/m1/s1. The quantitative estimate of drug-likeness (QED) is 0.0121. The molecule has 0 saturated heterocycles. The number of hydrogen-bond donors (Lipinski definition) is 13. The molecule has 2 rings (SSSR count). The van der Waals surface area contributed by atoms with Crippen LogP contribution in [0.3, 0.4) is 0 Å². The summed E-state index contributed by atoms with van der Waals surface area (Å²) in [6.45, 7) is -0.0509. The Kier molecular flexibility index (Phi) is 30.8. The van der Waals surface area contributed by atoms with Gasteiger partial charge in [-0.2, -0.15) is 0 Å². The number of aliphatic imine (C=N–C) groups is 1. The van der Waals surface area contributed by atoms with E-state index >= 15 is 0 Å². The maximum absolute atomic E-state index is 14.2. The lowest BCUT2D eigenvalue weighted by Crippen LogP contribution is -2.57. The molecule has 4 unspecified atom stereocenters. The molecule has 424 valence electrons. The Bertz CT molecular complexity index is 2160. The molecule has 0 aliphatic carbocycles. The number of nitrogens with one attached hydrogen (secondary N) is 4. The number of unbranched alkanes of at least 4 members (excludes halogenated alkanes) is 1. The van der Waals surface area contributed by atoms with Crippen molar-refractivity contribution in [2.45, 2.75) is 76.5 Å². The summed E-state index contributed by atoms with van der Waals surface area (Å²) in [7, 11) is 0. The van der Waals surface area contributed by atoms with E-state index in [0.717, 1.165) is 4.90 Å². The van der Waals surface area contributed by atoms with Gasteiger partial charge in [-0.05, 0) is 67.8 Å². The minimum absolute atomic E-state index is 0.0104. The summed E-state index contributed by atoms with van der Waals surface area (Å²) in [5.41, 5.74) is 17.7. The molecule has 76 heavy (non-hydrogen) atoms. The van der Waals surface area contributed by atoms with E-state index in [0.29, 0.717) is 36.9 Å². The topological polar surface area (TPSA) is 434 Å². The van der Waals surface area contributed by atoms with Crippen molar-refractivity contribution < 1.29 is 83.8 Å². The van der Waals surface area contributed by atoms with Gasteiger partial charge >= 0.3 is 23.9 Å². The fourth-order valence-electron chi connectivity index (χ4n) is 7.74. The van der Waals surface area contributed by atoms with Crippen LogP contribution in [0.4, 0.5) is 0 Å². The van der Waals surface area contributed by atoms with Gasteiger partial charge in [-0.25, -0.2) is 14.6 Å². The first-order valence-corrected chi connectivity index (χ1v) is 24.6. The number of carboxylic acid groups (broad SMARTS) is 4. The second kappa shape index (κ2) is 36.0. The minimum Gasteiger partial charge on any atom is -0.491 e. The summed E-state index contributed by atoms with van der Waals surface area (Å²) >= 11 is 0. The lowest BCUT2D eigenvalue weighted by molar-refractivity contribution is -0.253. The molecule has 0 fully saturated rings. The Balaban J connectivity index is 2.49. The average Bonchev–Trinajstić information content (AvgIpc) is 3.37. The van der Waals surface area contributed by atoms with Crippen LogP contribution in [0.15, 0.2) is 53.5 Å². The highest BCUT2D eigenvalue weighted by molar-refractivity contribution is 6.00. The molecule has 2 aromatic carbocycles. The van der Waals surface area contributed by atoms with Crippen LogP contribution in [0.25, 0.3) is 11.1 Å². The smallest absolute Gasteiger partial charge is 0.326 e. The fraction of sp³-hybridized carbons (Fsp3) is 0.562. The van der Waals surface area contributed by atoms with Crippen molar-refractivity contribution in [1.82, 2.24) is 36.0 Å². The zero-order chi connectivity index (χ0) is 56.6. The first-order valence-electron chi connectivity index (χ1n) is 24.6. The summed E-state index contributed by atoms with van der Waals surface area (Å²) in [6.07, 6.45) is 1.59.